The summed E-state index contributed by atoms with van der Waals surface area (Å²) in [4.78, 5) is 32.7. The summed E-state index contributed by atoms with van der Waals surface area (Å²) in [6.45, 7) is -1.57. The maximum absolute atomic E-state index is 13.8. The standard InChI is InChI=1S/C32H33Cl2F2N3O5S/c1-38(2)29(40)22-5-3-4-20(12-22)17-39-10-11-45-30(39)31(41)43-27(14-23-24(33)15-37-16-25(23)34)21-8-9-26(44-32(35)36)28(13-21)42-18-19-6-7-19/h3-5,8-9,12-13,15-16,19,27,30,32H,6-7,10-11,14,17-18H2,1-2H3/p+1/t27-,30-/m0/s1. The van der Waals surface area contributed by atoms with E-state index < -0.39 is 24.1 Å². The second kappa shape index (κ2) is 15.0. The Bertz CT molecular complexity index is 1510. The van der Waals surface area contributed by atoms with E-state index >= 15 is 0 Å². The maximum Gasteiger partial charge on any atom is 0.387 e. The lowest BCUT2D eigenvalue weighted by Crippen LogP contribution is -2.36. The van der Waals surface area contributed by atoms with Crippen LogP contribution in [0.3, 0.4) is 0 Å². The molecule has 2 atom stereocenters. The van der Waals surface area contributed by atoms with Gasteiger partial charge in [-0.15, -0.1) is 11.8 Å². The van der Waals surface area contributed by atoms with Gasteiger partial charge in [-0.25, -0.2) is 9.78 Å². The number of halogens is 4. The van der Waals surface area contributed by atoms with Crippen molar-refractivity contribution in [1.82, 2.24) is 9.80 Å². The molecule has 8 nitrogen and oxygen atoms in total. The van der Waals surface area contributed by atoms with Crippen LogP contribution in [-0.4, -0.2) is 66.7 Å². The molecule has 2 heterocycles. The molecule has 3 aromatic rings. The summed E-state index contributed by atoms with van der Waals surface area (Å²) in [5.41, 5.74) is 2.53. The van der Waals surface area contributed by atoms with Gasteiger partial charge >= 0.3 is 12.6 Å². The third kappa shape index (κ3) is 8.78. The second-order valence-corrected chi connectivity index (χ2v) is 13.2. The molecule has 1 aliphatic carbocycles. The molecule has 2 aromatic carbocycles. The molecule has 2 aliphatic rings. The number of ether oxygens (including phenoxy) is 3. The minimum Gasteiger partial charge on any atom is -0.489 e. The van der Waals surface area contributed by atoms with Crippen LogP contribution < -0.4 is 14.5 Å². The van der Waals surface area contributed by atoms with E-state index in [-0.39, 0.29) is 23.8 Å². The molecule has 0 unspecified atom stereocenters. The van der Waals surface area contributed by atoms with Crippen LogP contribution in [0.5, 0.6) is 11.5 Å². The summed E-state index contributed by atoms with van der Waals surface area (Å²) in [5, 5.41) is 0.105. The lowest BCUT2D eigenvalue weighted by atomic mass is 10.0. The molecular weight excluding hydrogens is 647 g/mol. The third-order valence-corrected chi connectivity index (χ3v) is 9.42. The number of carbonyl (C=O) groups is 2. The molecule has 13 heteroatoms. The Labute approximate surface area is 274 Å². The number of thioether (sulfide) groups is 1. The van der Waals surface area contributed by atoms with Gasteiger partial charge in [0.25, 0.3) is 5.91 Å². The first-order valence-corrected chi connectivity index (χ1v) is 16.3. The molecule has 240 valence electrons. The van der Waals surface area contributed by atoms with E-state index in [1.807, 2.05) is 23.1 Å². The fourth-order valence-corrected chi connectivity index (χ4v) is 6.66. The number of esters is 1. The van der Waals surface area contributed by atoms with Gasteiger partial charge in [-0.3, -0.25) is 9.69 Å². The molecule has 1 saturated carbocycles. The van der Waals surface area contributed by atoms with Crippen molar-refractivity contribution in [3.63, 3.8) is 0 Å². The summed E-state index contributed by atoms with van der Waals surface area (Å²) in [6.07, 6.45) is 4.44. The minimum absolute atomic E-state index is 0.0997. The quantitative estimate of drug-likeness (QED) is 0.196. The zero-order chi connectivity index (χ0) is 32.1. The average Bonchev–Trinajstić information content (AvgIpc) is 3.73. The van der Waals surface area contributed by atoms with Gasteiger partial charge in [0.05, 0.1) is 6.61 Å². The highest BCUT2D eigenvalue weighted by Crippen LogP contribution is 2.38. The van der Waals surface area contributed by atoms with E-state index in [1.54, 1.807) is 44.7 Å². The first-order valence-electron chi connectivity index (χ1n) is 14.5. The van der Waals surface area contributed by atoms with E-state index in [9.17, 15) is 18.4 Å². The van der Waals surface area contributed by atoms with Crippen LogP contribution in [0.4, 0.5) is 8.78 Å². The zero-order valence-corrected chi connectivity index (χ0v) is 27.1. The highest BCUT2D eigenvalue weighted by molar-refractivity contribution is 8.00. The van der Waals surface area contributed by atoms with E-state index in [0.717, 1.165) is 18.4 Å². The van der Waals surface area contributed by atoms with Crippen LogP contribution >= 0.6 is 35.0 Å². The normalized spacial score (nSPS) is 17.3. The van der Waals surface area contributed by atoms with Crippen molar-refractivity contribution in [3.05, 3.63) is 87.2 Å². The van der Waals surface area contributed by atoms with Crippen LogP contribution in [0.2, 0.25) is 10.0 Å². The van der Waals surface area contributed by atoms with Gasteiger partial charge in [0.15, 0.2) is 29.3 Å². The highest BCUT2D eigenvalue weighted by atomic mass is 35.5. The largest absolute Gasteiger partial charge is 0.489 e. The first kappa shape index (κ1) is 33.2. The molecule has 2 fully saturated rings. The molecule has 5 rings (SSSR count). The molecular formula is C32H34Cl2F2N3O5S+. The number of rotatable bonds is 13. The summed E-state index contributed by atoms with van der Waals surface area (Å²) in [7, 11) is 3.40. The number of amides is 1. The third-order valence-electron chi connectivity index (χ3n) is 7.52. The van der Waals surface area contributed by atoms with E-state index in [2.05, 4.69) is 4.98 Å². The number of hydrogen-bond acceptors (Lipinski definition) is 7. The number of hydrogen-bond donors (Lipinski definition) is 0. The van der Waals surface area contributed by atoms with Crippen LogP contribution in [0.25, 0.3) is 0 Å². The Morgan fingerprint density at radius 3 is 2.53 bits per heavy atom. The predicted molar refractivity (Wildman–Crippen MR) is 168 cm³/mol. The number of pyridine rings is 1. The van der Waals surface area contributed by atoms with Gasteiger partial charge in [0.2, 0.25) is 0 Å². The molecule has 0 radical (unpaired) electrons. The summed E-state index contributed by atoms with van der Waals surface area (Å²) >= 11 is 14.4. The summed E-state index contributed by atoms with van der Waals surface area (Å²) in [5.74, 6) is 0.553. The number of nitrogens with zero attached hydrogens (tertiary/aromatic N) is 2. The lowest BCUT2D eigenvalue weighted by molar-refractivity contribution is -0.377. The number of benzene rings is 2. The van der Waals surface area contributed by atoms with Gasteiger partial charge < -0.3 is 19.1 Å². The molecule has 0 bridgehead atoms. The zero-order valence-electron chi connectivity index (χ0n) is 24.8. The van der Waals surface area contributed by atoms with Crippen molar-refractivity contribution in [3.8, 4) is 11.5 Å². The number of carbonyl (C=O) groups excluding carboxylic acids is 2. The Balaban J connectivity index is 1.40. The van der Waals surface area contributed by atoms with Crippen molar-refractivity contribution < 1.29 is 37.6 Å². The van der Waals surface area contributed by atoms with Gasteiger partial charge in [-0.1, -0.05) is 41.4 Å². The van der Waals surface area contributed by atoms with E-state index in [0.29, 0.717) is 58.1 Å². The van der Waals surface area contributed by atoms with Crippen molar-refractivity contribution in [2.24, 2.45) is 5.92 Å². The van der Waals surface area contributed by atoms with Crippen LogP contribution in [0.15, 0.2) is 54.9 Å². The molecule has 1 saturated heterocycles. The smallest absolute Gasteiger partial charge is 0.387 e. The van der Waals surface area contributed by atoms with Crippen molar-refractivity contribution in [2.75, 3.05) is 33.0 Å². The maximum atomic E-state index is 13.8. The number of aromatic amines is 1. The number of aromatic nitrogens is 1. The van der Waals surface area contributed by atoms with E-state index in [4.69, 9.17) is 37.4 Å². The Morgan fingerprint density at radius 2 is 1.84 bits per heavy atom. The molecule has 1 aliphatic heterocycles. The lowest BCUT2D eigenvalue weighted by Gasteiger charge is -2.26. The van der Waals surface area contributed by atoms with Crippen LogP contribution in [0.1, 0.15) is 46.0 Å². The van der Waals surface area contributed by atoms with Gasteiger partial charge in [0.1, 0.15) is 16.1 Å². The highest BCUT2D eigenvalue weighted by Gasteiger charge is 2.35. The molecule has 45 heavy (non-hydrogen) atoms. The van der Waals surface area contributed by atoms with Gasteiger partial charge in [-0.2, -0.15) is 8.78 Å². The predicted octanol–water partition coefficient (Wildman–Crippen LogP) is 6.30. The average molecular weight is 682 g/mol. The number of H-pyrrole nitrogens is 1. The summed E-state index contributed by atoms with van der Waals surface area (Å²) < 4.78 is 43.1. The Morgan fingerprint density at radius 1 is 1.09 bits per heavy atom. The SMILES string of the molecule is CN(C)C(=O)c1cccc(CN2CCS[C@H]2C(=O)O[C@@H](Cc2c(Cl)c[nH+]cc2Cl)c2ccc(OC(F)F)c(OCC3CC3)c2)c1. The van der Waals surface area contributed by atoms with Crippen molar-refractivity contribution in [1.29, 1.82) is 0 Å². The fourth-order valence-electron chi connectivity index (χ4n) is 4.98. The molecule has 1 aromatic heterocycles. The minimum atomic E-state index is -3.03. The Hall–Kier alpha value is -3.12. The monoisotopic (exact) mass is 680 g/mol. The number of nitrogens with one attached hydrogen (secondary N) is 1. The first-order chi connectivity index (χ1) is 21.6. The van der Waals surface area contributed by atoms with Crippen molar-refractivity contribution in [2.45, 2.75) is 43.9 Å². The Kier molecular flexibility index (Phi) is 11.1. The number of alkyl halides is 2. The molecule has 1 amide bonds. The fraction of sp³-hybridized carbons (Fsp3) is 0.406. The van der Waals surface area contributed by atoms with Gasteiger partial charge in [0, 0.05) is 50.5 Å². The van der Waals surface area contributed by atoms with Crippen LogP contribution in [-0.2, 0) is 22.5 Å². The van der Waals surface area contributed by atoms with Gasteiger partial charge in [-0.05, 0) is 54.2 Å². The van der Waals surface area contributed by atoms with Crippen LogP contribution in [0, 0.1) is 5.92 Å². The summed E-state index contributed by atoms with van der Waals surface area (Å²) in [6, 6.07) is 11.9. The molecule has 1 N–H and O–H groups in total. The topological polar surface area (TPSA) is 82.5 Å². The molecule has 0 spiro atoms. The van der Waals surface area contributed by atoms with Crippen molar-refractivity contribution >= 4 is 46.8 Å². The second-order valence-electron chi connectivity index (χ2n) is 11.2. The van der Waals surface area contributed by atoms with E-state index in [1.165, 1.54) is 22.7 Å².